The number of nitrogens with zero attached hydrogens (tertiary/aromatic N) is 2. The van der Waals surface area contributed by atoms with E-state index in [1.807, 2.05) is 66.2 Å². The fraction of sp³-hybridized carbons (Fsp3) is 0.100. The van der Waals surface area contributed by atoms with Gasteiger partial charge in [-0.1, -0.05) is 23.7 Å². The predicted octanol–water partition coefficient (Wildman–Crippen LogP) is 5.31. The second kappa shape index (κ2) is 7.06. The number of amides is 1. The van der Waals surface area contributed by atoms with Gasteiger partial charge in [0.05, 0.1) is 29.1 Å². The van der Waals surface area contributed by atoms with Crippen LogP contribution in [0.3, 0.4) is 0 Å². The Hall–Kier alpha value is -2.83. The van der Waals surface area contributed by atoms with E-state index in [0.717, 1.165) is 21.6 Å². The zero-order valence-electron chi connectivity index (χ0n) is 14.7. The zero-order chi connectivity index (χ0) is 19.0. The number of fused-ring (bicyclic) bond motifs is 1. The lowest BCUT2D eigenvalue weighted by molar-refractivity contribution is 0.103. The molecule has 1 amide bonds. The van der Waals surface area contributed by atoms with Gasteiger partial charge in [-0.05, 0) is 49.4 Å². The molecule has 2 aromatic carbocycles. The van der Waals surface area contributed by atoms with Crippen LogP contribution in [0.4, 0.5) is 5.69 Å². The van der Waals surface area contributed by atoms with Crippen molar-refractivity contribution in [2.75, 3.05) is 12.4 Å². The Morgan fingerprint density at radius 1 is 1.19 bits per heavy atom. The molecule has 0 aliphatic heterocycles. The Morgan fingerprint density at radius 2 is 1.93 bits per heavy atom. The van der Waals surface area contributed by atoms with Gasteiger partial charge in [0.1, 0.15) is 10.6 Å². The minimum absolute atomic E-state index is 0.178. The number of benzene rings is 2. The number of rotatable bonds is 4. The number of methoxy groups -OCH3 is 1. The lowest BCUT2D eigenvalue weighted by atomic mass is 10.2. The van der Waals surface area contributed by atoms with Crippen molar-refractivity contribution < 1.29 is 9.53 Å². The first kappa shape index (κ1) is 17.6. The fourth-order valence-corrected chi connectivity index (χ4v) is 4.05. The van der Waals surface area contributed by atoms with Gasteiger partial charge in [0.25, 0.3) is 5.91 Å². The minimum Gasteiger partial charge on any atom is -0.495 e. The number of hydrogen-bond acceptors (Lipinski definition) is 4. The van der Waals surface area contributed by atoms with Crippen LogP contribution >= 0.6 is 22.9 Å². The number of hydrogen-bond donors (Lipinski definition) is 1. The highest BCUT2D eigenvalue weighted by Crippen LogP contribution is 2.32. The Balaban J connectivity index is 1.70. The summed E-state index contributed by atoms with van der Waals surface area (Å²) in [5, 5.41) is 9.13. The molecule has 0 bridgehead atoms. The van der Waals surface area contributed by atoms with Gasteiger partial charge in [0.2, 0.25) is 0 Å². The number of carbonyl (C=O) groups is 1. The third-order valence-electron chi connectivity index (χ3n) is 4.19. The molecule has 0 aliphatic carbocycles. The first-order valence-corrected chi connectivity index (χ1v) is 9.46. The predicted molar refractivity (Wildman–Crippen MR) is 110 cm³/mol. The number of aryl methyl sites for hydroxylation is 1. The number of thiophene rings is 1. The molecule has 2 heterocycles. The average Bonchev–Trinajstić information content (AvgIpc) is 3.24. The normalized spacial score (nSPS) is 10.9. The summed E-state index contributed by atoms with van der Waals surface area (Å²) in [4.78, 5) is 14.3. The third-order valence-corrected chi connectivity index (χ3v) is 5.56. The molecule has 1 N–H and O–H groups in total. The lowest BCUT2D eigenvalue weighted by Crippen LogP contribution is -2.11. The van der Waals surface area contributed by atoms with Crippen LogP contribution in [-0.4, -0.2) is 22.8 Å². The summed E-state index contributed by atoms with van der Waals surface area (Å²) in [6, 6.07) is 16.7. The van der Waals surface area contributed by atoms with Crippen LogP contribution in [0.25, 0.3) is 15.9 Å². The van der Waals surface area contributed by atoms with Crippen LogP contribution in [0.2, 0.25) is 5.02 Å². The molecule has 0 fully saturated rings. The average molecular weight is 398 g/mol. The number of halogens is 1. The Labute approximate surface area is 165 Å². The molecule has 0 saturated heterocycles. The van der Waals surface area contributed by atoms with E-state index in [2.05, 4.69) is 10.4 Å². The molecule has 0 aliphatic rings. The number of ether oxygens (including phenoxy) is 1. The highest BCUT2D eigenvalue weighted by atomic mass is 35.5. The Kier molecular flexibility index (Phi) is 4.59. The summed E-state index contributed by atoms with van der Waals surface area (Å²) in [5.41, 5.74) is 2.40. The number of nitrogens with one attached hydrogen (secondary N) is 1. The molecule has 4 rings (SSSR count). The fourth-order valence-electron chi connectivity index (χ4n) is 2.85. The van der Waals surface area contributed by atoms with Gasteiger partial charge in [0.15, 0.2) is 0 Å². The molecule has 2 aromatic heterocycles. The first-order valence-electron chi connectivity index (χ1n) is 8.26. The van der Waals surface area contributed by atoms with E-state index in [1.165, 1.54) is 11.3 Å². The van der Waals surface area contributed by atoms with Crippen molar-refractivity contribution in [3.63, 3.8) is 0 Å². The quantitative estimate of drug-likeness (QED) is 0.507. The largest absolute Gasteiger partial charge is 0.495 e. The van der Waals surface area contributed by atoms with E-state index in [0.29, 0.717) is 21.3 Å². The standard InChI is InChI=1S/C20H16ClN3O2S/c1-12-15-11-18(19(25)22-16-5-3-4-6-17(16)26-2)27-20(15)24(23-12)14-9-7-13(21)8-10-14/h3-11H,1-2H3,(H,22,25). The van der Waals surface area contributed by atoms with Gasteiger partial charge < -0.3 is 10.1 Å². The maximum Gasteiger partial charge on any atom is 0.265 e. The number of para-hydroxylation sites is 2. The maximum atomic E-state index is 12.8. The molecule has 0 unspecified atom stereocenters. The highest BCUT2D eigenvalue weighted by Gasteiger charge is 2.18. The van der Waals surface area contributed by atoms with Crippen molar-refractivity contribution in [2.24, 2.45) is 0 Å². The van der Waals surface area contributed by atoms with Crippen LogP contribution in [0.1, 0.15) is 15.4 Å². The third kappa shape index (κ3) is 3.29. The van der Waals surface area contributed by atoms with Crippen molar-refractivity contribution >= 4 is 44.7 Å². The molecule has 7 heteroatoms. The smallest absolute Gasteiger partial charge is 0.265 e. The first-order chi connectivity index (χ1) is 13.1. The summed E-state index contributed by atoms with van der Waals surface area (Å²) in [5.74, 6) is 0.443. The molecule has 136 valence electrons. The van der Waals surface area contributed by atoms with Crippen LogP contribution in [0.5, 0.6) is 5.75 Å². The maximum absolute atomic E-state index is 12.8. The van der Waals surface area contributed by atoms with E-state index in [-0.39, 0.29) is 5.91 Å². The van der Waals surface area contributed by atoms with Crippen molar-refractivity contribution in [1.29, 1.82) is 0 Å². The van der Waals surface area contributed by atoms with Crippen LogP contribution in [0.15, 0.2) is 54.6 Å². The molecule has 0 atom stereocenters. The molecular weight excluding hydrogens is 382 g/mol. The van der Waals surface area contributed by atoms with E-state index < -0.39 is 0 Å². The van der Waals surface area contributed by atoms with Gasteiger partial charge in [0, 0.05) is 10.4 Å². The monoisotopic (exact) mass is 397 g/mol. The van der Waals surface area contributed by atoms with Crippen LogP contribution < -0.4 is 10.1 Å². The zero-order valence-corrected chi connectivity index (χ0v) is 16.3. The molecule has 27 heavy (non-hydrogen) atoms. The lowest BCUT2D eigenvalue weighted by Gasteiger charge is -2.08. The molecule has 0 saturated carbocycles. The van der Waals surface area contributed by atoms with Crippen molar-refractivity contribution in [1.82, 2.24) is 9.78 Å². The van der Waals surface area contributed by atoms with Crippen molar-refractivity contribution in [3.8, 4) is 11.4 Å². The van der Waals surface area contributed by atoms with E-state index in [1.54, 1.807) is 7.11 Å². The van der Waals surface area contributed by atoms with Crippen LogP contribution in [0, 0.1) is 6.92 Å². The van der Waals surface area contributed by atoms with Gasteiger partial charge in [-0.25, -0.2) is 4.68 Å². The van der Waals surface area contributed by atoms with Gasteiger partial charge in [-0.15, -0.1) is 11.3 Å². The van der Waals surface area contributed by atoms with Crippen molar-refractivity contribution in [3.05, 3.63) is 70.2 Å². The Morgan fingerprint density at radius 3 is 2.67 bits per heavy atom. The van der Waals surface area contributed by atoms with E-state index >= 15 is 0 Å². The highest BCUT2D eigenvalue weighted by molar-refractivity contribution is 7.20. The summed E-state index contributed by atoms with van der Waals surface area (Å²) in [7, 11) is 1.58. The molecule has 5 nitrogen and oxygen atoms in total. The Bertz CT molecular complexity index is 1130. The van der Waals surface area contributed by atoms with Crippen LogP contribution in [-0.2, 0) is 0 Å². The summed E-state index contributed by atoms with van der Waals surface area (Å²) in [6.07, 6.45) is 0. The van der Waals surface area contributed by atoms with Crippen molar-refractivity contribution in [2.45, 2.75) is 6.92 Å². The summed E-state index contributed by atoms with van der Waals surface area (Å²) in [6.45, 7) is 1.93. The SMILES string of the molecule is COc1ccccc1NC(=O)c1cc2c(C)nn(-c3ccc(Cl)cc3)c2s1. The second-order valence-corrected chi connectivity index (χ2v) is 7.42. The summed E-state index contributed by atoms with van der Waals surface area (Å²) < 4.78 is 7.13. The second-order valence-electron chi connectivity index (χ2n) is 5.96. The topological polar surface area (TPSA) is 56.1 Å². The molecule has 4 aromatic rings. The minimum atomic E-state index is -0.178. The molecular formula is C20H16ClN3O2S. The molecule has 0 radical (unpaired) electrons. The number of anilines is 1. The van der Waals surface area contributed by atoms with Gasteiger partial charge in [-0.2, -0.15) is 5.10 Å². The summed E-state index contributed by atoms with van der Waals surface area (Å²) >= 11 is 7.38. The van der Waals surface area contributed by atoms with Gasteiger partial charge >= 0.3 is 0 Å². The van der Waals surface area contributed by atoms with E-state index in [9.17, 15) is 4.79 Å². The van der Waals surface area contributed by atoms with Gasteiger partial charge in [-0.3, -0.25) is 4.79 Å². The van der Waals surface area contributed by atoms with E-state index in [4.69, 9.17) is 16.3 Å². The number of aromatic nitrogens is 2. The molecule has 0 spiro atoms. The number of carbonyl (C=O) groups excluding carboxylic acids is 1.